The molecule has 0 saturated carbocycles. The van der Waals surface area contributed by atoms with Crippen molar-refractivity contribution in [3.63, 3.8) is 0 Å². The molecule has 5 heteroatoms. The molecule has 0 spiro atoms. The molecule has 0 fully saturated rings. The number of carbonyl (C=O) groups excluding carboxylic acids is 1. The number of benzene rings is 1. The van der Waals surface area contributed by atoms with Crippen LogP contribution in [0.2, 0.25) is 0 Å². The third-order valence-electron chi connectivity index (χ3n) is 2.85. The molecule has 0 amide bonds. The minimum atomic E-state index is -1.08. The standard InChI is InChI=1S/C14H15NO4/c1-8(2)19-12-6-9(3)13-10(11(12)7-16)4-5-15(13)14(17)18/h4-8H,1-3H3,(H,17,18). The summed E-state index contributed by atoms with van der Waals surface area (Å²) in [5.74, 6) is 0.484. The van der Waals surface area contributed by atoms with E-state index in [4.69, 9.17) is 9.84 Å². The van der Waals surface area contributed by atoms with E-state index in [0.29, 0.717) is 28.5 Å². The second kappa shape index (κ2) is 4.76. The average molecular weight is 261 g/mol. The van der Waals surface area contributed by atoms with Gasteiger partial charge in [0.25, 0.3) is 0 Å². The van der Waals surface area contributed by atoms with Gasteiger partial charge in [0.05, 0.1) is 17.2 Å². The zero-order valence-corrected chi connectivity index (χ0v) is 11.0. The van der Waals surface area contributed by atoms with Crippen molar-refractivity contribution >= 4 is 23.3 Å². The van der Waals surface area contributed by atoms with Crippen LogP contribution in [0.5, 0.6) is 5.75 Å². The summed E-state index contributed by atoms with van der Waals surface area (Å²) in [4.78, 5) is 22.4. The molecule has 1 heterocycles. The Morgan fingerprint density at radius 2 is 2.16 bits per heavy atom. The Balaban J connectivity index is 2.77. The van der Waals surface area contributed by atoms with Crippen LogP contribution in [-0.4, -0.2) is 28.2 Å². The molecule has 0 aliphatic heterocycles. The average Bonchev–Trinajstić information content (AvgIpc) is 2.73. The van der Waals surface area contributed by atoms with E-state index in [1.807, 2.05) is 13.8 Å². The van der Waals surface area contributed by atoms with E-state index in [1.165, 1.54) is 6.20 Å². The lowest BCUT2D eigenvalue weighted by Gasteiger charge is -2.14. The lowest BCUT2D eigenvalue weighted by molar-refractivity contribution is 0.111. The molecule has 0 aliphatic rings. The first-order valence-electron chi connectivity index (χ1n) is 5.95. The highest BCUT2D eigenvalue weighted by Crippen LogP contribution is 2.31. The molecule has 2 aromatic rings. The van der Waals surface area contributed by atoms with Gasteiger partial charge < -0.3 is 9.84 Å². The van der Waals surface area contributed by atoms with Gasteiger partial charge in [0.2, 0.25) is 0 Å². The third kappa shape index (κ3) is 2.19. The number of ether oxygens (including phenoxy) is 1. The Labute approximate surface area is 110 Å². The van der Waals surface area contributed by atoms with E-state index >= 15 is 0 Å². The number of fused-ring (bicyclic) bond motifs is 1. The molecule has 0 unspecified atom stereocenters. The van der Waals surface area contributed by atoms with Gasteiger partial charge in [-0.15, -0.1) is 0 Å². The number of hydrogen-bond acceptors (Lipinski definition) is 3. The van der Waals surface area contributed by atoms with Gasteiger partial charge in [0.1, 0.15) is 5.75 Å². The molecular formula is C14H15NO4. The van der Waals surface area contributed by atoms with E-state index in [0.717, 1.165) is 10.1 Å². The van der Waals surface area contributed by atoms with Crippen molar-refractivity contribution in [1.82, 2.24) is 4.57 Å². The first-order valence-corrected chi connectivity index (χ1v) is 5.95. The van der Waals surface area contributed by atoms with Gasteiger partial charge in [-0.3, -0.25) is 9.36 Å². The number of carboxylic acid groups (broad SMARTS) is 1. The van der Waals surface area contributed by atoms with E-state index in [9.17, 15) is 9.59 Å². The predicted molar refractivity (Wildman–Crippen MR) is 71.2 cm³/mol. The quantitative estimate of drug-likeness (QED) is 0.862. The highest BCUT2D eigenvalue weighted by atomic mass is 16.5. The van der Waals surface area contributed by atoms with Crippen molar-refractivity contribution in [2.75, 3.05) is 0 Å². The zero-order valence-electron chi connectivity index (χ0n) is 11.0. The Morgan fingerprint density at radius 1 is 1.47 bits per heavy atom. The van der Waals surface area contributed by atoms with E-state index < -0.39 is 6.09 Å². The van der Waals surface area contributed by atoms with E-state index in [-0.39, 0.29) is 6.10 Å². The molecule has 0 aliphatic carbocycles. The largest absolute Gasteiger partial charge is 0.490 e. The smallest absolute Gasteiger partial charge is 0.416 e. The van der Waals surface area contributed by atoms with Crippen LogP contribution in [0.25, 0.3) is 10.9 Å². The number of aromatic nitrogens is 1. The van der Waals surface area contributed by atoms with Crippen molar-refractivity contribution in [1.29, 1.82) is 0 Å². The Bertz CT molecular complexity index is 655. The summed E-state index contributed by atoms with van der Waals surface area (Å²) in [5, 5.41) is 9.71. The molecule has 5 nitrogen and oxygen atoms in total. The number of nitrogens with zero attached hydrogens (tertiary/aromatic N) is 1. The molecule has 19 heavy (non-hydrogen) atoms. The zero-order chi connectivity index (χ0) is 14.2. The van der Waals surface area contributed by atoms with Gasteiger partial charge in [0.15, 0.2) is 6.29 Å². The van der Waals surface area contributed by atoms with Crippen LogP contribution in [0, 0.1) is 6.92 Å². The van der Waals surface area contributed by atoms with Gasteiger partial charge in [-0.2, -0.15) is 0 Å². The SMILES string of the molecule is Cc1cc(OC(C)C)c(C=O)c2ccn(C(=O)O)c12. The summed E-state index contributed by atoms with van der Waals surface area (Å²) in [6.07, 6.45) is 1.00. The Kier molecular flexibility index (Phi) is 3.29. The fourth-order valence-corrected chi connectivity index (χ4v) is 2.16. The summed E-state index contributed by atoms with van der Waals surface area (Å²) in [6.45, 7) is 5.54. The maximum atomic E-state index is 11.3. The minimum Gasteiger partial charge on any atom is -0.490 e. The van der Waals surface area contributed by atoms with Crippen molar-refractivity contribution in [3.8, 4) is 5.75 Å². The first kappa shape index (κ1) is 13.1. The van der Waals surface area contributed by atoms with Gasteiger partial charge in [0, 0.05) is 11.6 Å². The van der Waals surface area contributed by atoms with Crippen LogP contribution >= 0.6 is 0 Å². The van der Waals surface area contributed by atoms with Gasteiger partial charge >= 0.3 is 6.09 Å². The molecule has 0 bridgehead atoms. The van der Waals surface area contributed by atoms with Crippen LogP contribution in [-0.2, 0) is 0 Å². The highest BCUT2D eigenvalue weighted by Gasteiger charge is 2.17. The second-order valence-corrected chi connectivity index (χ2v) is 4.62. The molecular weight excluding hydrogens is 246 g/mol. The maximum Gasteiger partial charge on any atom is 0.416 e. The fraction of sp³-hybridized carbons (Fsp3) is 0.286. The van der Waals surface area contributed by atoms with Gasteiger partial charge in [-0.05, 0) is 38.5 Å². The van der Waals surface area contributed by atoms with Crippen molar-refractivity contribution in [2.24, 2.45) is 0 Å². The number of aryl methyl sites for hydroxylation is 1. The van der Waals surface area contributed by atoms with Crippen LogP contribution in [0.15, 0.2) is 18.3 Å². The van der Waals surface area contributed by atoms with Gasteiger partial charge in [-0.1, -0.05) is 0 Å². The fourth-order valence-electron chi connectivity index (χ4n) is 2.16. The molecule has 100 valence electrons. The summed E-state index contributed by atoms with van der Waals surface area (Å²) in [6, 6.07) is 3.32. The first-order chi connectivity index (χ1) is 8.95. The highest BCUT2D eigenvalue weighted by molar-refractivity contribution is 6.03. The maximum absolute atomic E-state index is 11.3. The van der Waals surface area contributed by atoms with Crippen LogP contribution in [0.1, 0.15) is 29.8 Å². The number of carbonyl (C=O) groups is 2. The van der Waals surface area contributed by atoms with Crippen LogP contribution in [0.3, 0.4) is 0 Å². The molecule has 0 saturated heterocycles. The predicted octanol–water partition coefficient (Wildman–Crippen LogP) is 3.08. The Hall–Kier alpha value is -2.30. The number of rotatable bonds is 3. The summed E-state index contributed by atoms with van der Waals surface area (Å²) in [5.41, 5.74) is 1.66. The number of hydrogen-bond donors (Lipinski definition) is 1. The number of aldehydes is 1. The van der Waals surface area contributed by atoms with Crippen molar-refractivity contribution in [2.45, 2.75) is 26.9 Å². The molecule has 1 N–H and O–H groups in total. The summed E-state index contributed by atoms with van der Waals surface area (Å²) in [7, 11) is 0. The normalized spacial score (nSPS) is 10.9. The van der Waals surface area contributed by atoms with Crippen molar-refractivity contribution < 1.29 is 19.4 Å². The monoisotopic (exact) mass is 261 g/mol. The van der Waals surface area contributed by atoms with E-state index in [2.05, 4.69) is 0 Å². The van der Waals surface area contributed by atoms with Crippen LogP contribution < -0.4 is 4.74 Å². The summed E-state index contributed by atoms with van der Waals surface area (Å²) < 4.78 is 6.71. The molecule has 2 rings (SSSR count). The lowest BCUT2D eigenvalue weighted by atomic mass is 10.1. The topological polar surface area (TPSA) is 68.5 Å². The minimum absolute atomic E-state index is 0.0582. The summed E-state index contributed by atoms with van der Waals surface area (Å²) >= 11 is 0. The molecule has 1 aromatic carbocycles. The Morgan fingerprint density at radius 3 is 2.68 bits per heavy atom. The molecule has 0 atom stereocenters. The third-order valence-corrected chi connectivity index (χ3v) is 2.85. The lowest BCUT2D eigenvalue weighted by Crippen LogP contribution is -2.10. The van der Waals surface area contributed by atoms with Crippen LogP contribution in [0.4, 0.5) is 4.79 Å². The van der Waals surface area contributed by atoms with Gasteiger partial charge in [-0.25, -0.2) is 4.79 Å². The van der Waals surface area contributed by atoms with Crippen molar-refractivity contribution in [3.05, 3.63) is 29.5 Å². The van der Waals surface area contributed by atoms with E-state index in [1.54, 1.807) is 19.1 Å². The molecule has 0 radical (unpaired) electrons. The molecule has 1 aromatic heterocycles. The second-order valence-electron chi connectivity index (χ2n) is 4.62.